The fourth-order valence-corrected chi connectivity index (χ4v) is 5.61. The molecule has 2 heteroatoms. The Morgan fingerprint density at radius 2 is 1.06 bits per heavy atom. The van der Waals surface area contributed by atoms with Crippen LogP contribution in [0.3, 0.4) is 0 Å². The van der Waals surface area contributed by atoms with Crippen LogP contribution in [0, 0.1) is 0 Å². The van der Waals surface area contributed by atoms with Crippen LogP contribution in [0.25, 0.3) is 60.2 Å². The number of rotatable bonds is 2. The minimum absolute atomic E-state index is 1.09. The molecule has 0 unspecified atom stereocenters. The number of fused-ring (bicyclic) bond motifs is 8. The molecule has 0 aliphatic carbocycles. The molecule has 0 spiro atoms. The molecule has 1 aromatic heterocycles. The van der Waals surface area contributed by atoms with Crippen molar-refractivity contribution in [1.82, 2.24) is 4.57 Å². The van der Waals surface area contributed by atoms with Gasteiger partial charge in [0.2, 0.25) is 0 Å². The number of hydrogen-bond acceptors (Lipinski definition) is 0. The van der Waals surface area contributed by atoms with Crippen LogP contribution in [0.15, 0.2) is 126 Å². The summed E-state index contributed by atoms with van der Waals surface area (Å²) in [4.78, 5) is 0. The average molecular weight is 498 g/mol. The number of hydrogen-bond donors (Lipinski definition) is 0. The fraction of sp³-hybridized carbons (Fsp3) is 0. The molecule has 0 aliphatic heterocycles. The van der Waals surface area contributed by atoms with Gasteiger partial charge in [-0.05, 0) is 63.7 Å². The summed E-state index contributed by atoms with van der Waals surface area (Å²) < 4.78 is 3.53. The van der Waals surface area contributed by atoms with Crippen LogP contribution >= 0.6 is 15.9 Å². The van der Waals surface area contributed by atoms with Gasteiger partial charge in [0.05, 0.1) is 11.0 Å². The van der Waals surface area contributed by atoms with Crippen molar-refractivity contribution in [2.45, 2.75) is 0 Å². The van der Waals surface area contributed by atoms with Gasteiger partial charge in [-0.1, -0.05) is 101 Å². The van der Waals surface area contributed by atoms with Crippen molar-refractivity contribution in [2.75, 3.05) is 0 Å². The number of aromatic nitrogens is 1. The Labute approximate surface area is 206 Å². The molecule has 0 fully saturated rings. The van der Waals surface area contributed by atoms with E-state index in [0.29, 0.717) is 0 Å². The van der Waals surface area contributed by atoms with Crippen LogP contribution in [0.4, 0.5) is 0 Å². The van der Waals surface area contributed by atoms with Crippen molar-refractivity contribution in [3.8, 4) is 16.8 Å². The summed E-state index contributed by atoms with van der Waals surface area (Å²) in [6.45, 7) is 0. The molecule has 0 saturated heterocycles. The SMILES string of the molecule is Brc1ccc(-c2ccc3c(c2)c2c4ccccc4c4ccccc4c2n3-c2ccccc2)cc1. The van der Waals surface area contributed by atoms with Crippen LogP contribution < -0.4 is 0 Å². The Balaban J connectivity index is 1.72. The van der Waals surface area contributed by atoms with Crippen LogP contribution in [0.5, 0.6) is 0 Å². The van der Waals surface area contributed by atoms with Gasteiger partial charge in [-0.25, -0.2) is 0 Å². The molecule has 0 bridgehead atoms. The zero-order chi connectivity index (χ0) is 22.6. The smallest absolute Gasteiger partial charge is 0.0625 e. The van der Waals surface area contributed by atoms with Gasteiger partial charge in [0.1, 0.15) is 0 Å². The fourth-order valence-electron chi connectivity index (χ4n) is 5.35. The Morgan fingerprint density at radius 3 is 1.79 bits per heavy atom. The minimum Gasteiger partial charge on any atom is -0.309 e. The molecule has 0 N–H and O–H groups in total. The molecule has 0 amide bonds. The van der Waals surface area contributed by atoms with Crippen molar-refractivity contribution in [3.63, 3.8) is 0 Å². The van der Waals surface area contributed by atoms with Gasteiger partial charge in [0, 0.05) is 26.3 Å². The lowest BCUT2D eigenvalue weighted by molar-refractivity contribution is 1.19. The second-order valence-electron chi connectivity index (χ2n) is 8.72. The molecule has 6 aromatic carbocycles. The predicted molar refractivity (Wildman–Crippen MR) is 149 cm³/mol. The highest BCUT2D eigenvalue weighted by molar-refractivity contribution is 9.10. The first kappa shape index (κ1) is 19.6. The maximum Gasteiger partial charge on any atom is 0.0625 e. The third-order valence-electron chi connectivity index (χ3n) is 6.83. The summed E-state index contributed by atoms with van der Waals surface area (Å²) in [6, 6.07) is 43.8. The van der Waals surface area contributed by atoms with Crippen LogP contribution in [-0.2, 0) is 0 Å². The van der Waals surface area contributed by atoms with Gasteiger partial charge >= 0.3 is 0 Å². The number of nitrogens with zero attached hydrogens (tertiary/aromatic N) is 1. The van der Waals surface area contributed by atoms with Crippen molar-refractivity contribution in [3.05, 3.63) is 126 Å². The average Bonchev–Trinajstić information content (AvgIpc) is 3.25. The molecule has 1 nitrogen and oxygen atoms in total. The normalized spacial score (nSPS) is 11.7. The van der Waals surface area contributed by atoms with E-state index in [1.807, 2.05) is 0 Å². The third kappa shape index (κ3) is 2.85. The zero-order valence-corrected chi connectivity index (χ0v) is 20.0. The number of halogens is 1. The quantitative estimate of drug-likeness (QED) is 0.209. The molecule has 0 radical (unpaired) electrons. The van der Waals surface area contributed by atoms with Gasteiger partial charge in [-0.15, -0.1) is 0 Å². The second-order valence-corrected chi connectivity index (χ2v) is 9.64. The summed E-state index contributed by atoms with van der Waals surface area (Å²) in [7, 11) is 0. The monoisotopic (exact) mass is 497 g/mol. The third-order valence-corrected chi connectivity index (χ3v) is 7.36. The van der Waals surface area contributed by atoms with Gasteiger partial charge in [-0.2, -0.15) is 0 Å². The summed E-state index contributed by atoms with van der Waals surface area (Å²) in [5.74, 6) is 0. The molecule has 34 heavy (non-hydrogen) atoms. The van der Waals surface area contributed by atoms with E-state index in [9.17, 15) is 0 Å². The number of para-hydroxylation sites is 1. The molecule has 7 rings (SSSR count). The van der Waals surface area contributed by atoms with E-state index in [2.05, 4.69) is 142 Å². The molecular formula is C32H20BrN. The van der Waals surface area contributed by atoms with E-state index in [4.69, 9.17) is 0 Å². The van der Waals surface area contributed by atoms with Crippen molar-refractivity contribution in [1.29, 1.82) is 0 Å². The van der Waals surface area contributed by atoms with E-state index < -0.39 is 0 Å². The molecule has 0 atom stereocenters. The van der Waals surface area contributed by atoms with Crippen molar-refractivity contribution >= 4 is 59.3 Å². The summed E-state index contributed by atoms with van der Waals surface area (Å²) in [5.41, 5.74) is 6.12. The van der Waals surface area contributed by atoms with Crippen LogP contribution in [0.1, 0.15) is 0 Å². The van der Waals surface area contributed by atoms with E-state index in [1.54, 1.807) is 0 Å². The first-order valence-corrected chi connectivity index (χ1v) is 12.3. The lowest BCUT2D eigenvalue weighted by Crippen LogP contribution is -1.94. The Bertz CT molecular complexity index is 1840. The summed E-state index contributed by atoms with van der Waals surface area (Å²) in [5, 5.41) is 7.75. The maximum absolute atomic E-state index is 3.57. The van der Waals surface area contributed by atoms with Crippen LogP contribution in [-0.4, -0.2) is 4.57 Å². The lowest BCUT2D eigenvalue weighted by Gasteiger charge is -2.12. The topological polar surface area (TPSA) is 4.93 Å². The first-order valence-electron chi connectivity index (χ1n) is 11.5. The van der Waals surface area contributed by atoms with Crippen molar-refractivity contribution in [2.24, 2.45) is 0 Å². The molecule has 0 saturated carbocycles. The number of benzene rings is 6. The standard InChI is InChI=1S/C32H20BrN/c33-23-17-14-21(15-18-23)22-16-19-30-29(20-22)31-27-12-6-4-10-25(27)26-11-5-7-13-28(26)32(31)34(30)24-8-2-1-3-9-24/h1-20H. The molecule has 7 aromatic rings. The van der Waals surface area contributed by atoms with Gasteiger partial charge in [-0.3, -0.25) is 0 Å². The van der Waals surface area contributed by atoms with Crippen LogP contribution in [0.2, 0.25) is 0 Å². The second kappa shape index (κ2) is 7.58. The lowest BCUT2D eigenvalue weighted by atomic mass is 9.96. The highest BCUT2D eigenvalue weighted by atomic mass is 79.9. The highest BCUT2D eigenvalue weighted by Crippen LogP contribution is 2.43. The Hall–Kier alpha value is -3.88. The van der Waals surface area contributed by atoms with E-state index in [-0.39, 0.29) is 0 Å². The molecule has 1 heterocycles. The molecule has 160 valence electrons. The van der Waals surface area contributed by atoms with E-state index >= 15 is 0 Å². The zero-order valence-electron chi connectivity index (χ0n) is 18.4. The molecule has 0 aliphatic rings. The Morgan fingerprint density at radius 1 is 0.471 bits per heavy atom. The van der Waals surface area contributed by atoms with Gasteiger partial charge in [0.25, 0.3) is 0 Å². The minimum atomic E-state index is 1.09. The van der Waals surface area contributed by atoms with Gasteiger partial charge < -0.3 is 4.57 Å². The summed E-state index contributed by atoms with van der Waals surface area (Å²) >= 11 is 3.57. The summed E-state index contributed by atoms with van der Waals surface area (Å²) in [6.07, 6.45) is 0. The van der Waals surface area contributed by atoms with E-state index in [1.165, 1.54) is 60.2 Å². The highest BCUT2D eigenvalue weighted by Gasteiger charge is 2.19. The Kier molecular flexibility index (Phi) is 4.36. The maximum atomic E-state index is 3.57. The van der Waals surface area contributed by atoms with Crippen molar-refractivity contribution < 1.29 is 0 Å². The predicted octanol–water partition coefficient (Wildman–Crippen LogP) is 9.52. The largest absolute Gasteiger partial charge is 0.309 e. The van der Waals surface area contributed by atoms with E-state index in [0.717, 1.165) is 4.47 Å². The molecular weight excluding hydrogens is 478 g/mol. The van der Waals surface area contributed by atoms with Gasteiger partial charge in [0.15, 0.2) is 0 Å². The first-order chi connectivity index (χ1) is 16.8.